The number of urea groups is 1. The molecule has 9 heteroatoms. The minimum Gasteiger partial charge on any atom is -0.497 e. The molecule has 0 atom stereocenters. The molecule has 9 nitrogen and oxygen atoms in total. The molecule has 138 valence electrons. The van der Waals surface area contributed by atoms with Gasteiger partial charge in [0.1, 0.15) is 11.4 Å². The molecule has 0 bridgehead atoms. The molecule has 0 unspecified atom stereocenters. The maximum atomic E-state index is 12.7. The van der Waals surface area contributed by atoms with Crippen LogP contribution in [0.4, 0.5) is 10.5 Å². The Morgan fingerprint density at radius 2 is 1.54 bits per heavy atom. The van der Waals surface area contributed by atoms with Gasteiger partial charge in [-0.25, -0.2) is 19.3 Å². The Balaban J connectivity index is 2.45. The fourth-order valence-corrected chi connectivity index (χ4v) is 2.25. The van der Waals surface area contributed by atoms with Crippen molar-refractivity contribution < 1.29 is 33.4 Å². The SMILES string of the molecule is CCOC(=O)C(C(=O)OCC)=C1NC(=O)N(c2ccc(OC)cc2)C1=O. The van der Waals surface area contributed by atoms with E-state index in [2.05, 4.69) is 5.32 Å². The van der Waals surface area contributed by atoms with Gasteiger partial charge in [0.2, 0.25) is 0 Å². The summed E-state index contributed by atoms with van der Waals surface area (Å²) in [7, 11) is 1.48. The summed E-state index contributed by atoms with van der Waals surface area (Å²) in [5.41, 5.74) is -0.888. The van der Waals surface area contributed by atoms with Gasteiger partial charge >= 0.3 is 18.0 Å². The third-order valence-electron chi connectivity index (χ3n) is 3.39. The van der Waals surface area contributed by atoms with Gasteiger partial charge in [-0.1, -0.05) is 0 Å². The Hall–Kier alpha value is -3.36. The fraction of sp³-hybridized carbons (Fsp3) is 0.294. The lowest BCUT2D eigenvalue weighted by atomic mass is 10.2. The number of esters is 2. The Kier molecular flexibility index (Phi) is 5.94. The van der Waals surface area contributed by atoms with Crippen LogP contribution in [0.2, 0.25) is 0 Å². The molecule has 0 radical (unpaired) electrons. The first-order valence-electron chi connectivity index (χ1n) is 7.82. The van der Waals surface area contributed by atoms with E-state index < -0.39 is 35.1 Å². The third kappa shape index (κ3) is 3.66. The second kappa shape index (κ2) is 8.15. The highest BCUT2D eigenvalue weighted by atomic mass is 16.6. The van der Waals surface area contributed by atoms with Gasteiger partial charge in [0.25, 0.3) is 5.91 Å². The summed E-state index contributed by atoms with van der Waals surface area (Å²) < 4.78 is 14.6. The monoisotopic (exact) mass is 362 g/mol. The maximum Gasteiger partial charge on any atom is 0.347 e. The number of ether oxygens (including phenoxy) is 3. The van der Waals surface area contributed by atoms with Gasteiger partial charge in [0.15, 0.2) is 5.57 Å². The van der Waals surface area contributed by atoms with Crippen LogP contribution in [0.15, 0.2) is 35.5 Å². The average Bonchev–Trinajstić information content (AvgIpc) is 2.90. The normalized spacial score (nSPS) is 13.3. The number of amides is 3. The highest BCUT2D eigenvalue weighted by molar-refractivity contribution is 6.31. The zero-order valence-electron chi connectivity index (χ0n) is 14.5. The molecule has 0 aliphatic carbocycles. The first kappa shape index (κ1) is 19.0. The third-order valence-corrected chi connectivity index (χ3v) is 3.39. The van der Waals surface area contributed by atoms with Crippen molar-refractivity contribution in [1.82, 2.24) is 5.32 Å². The van der Waals surface area contributed by atoms with E-state index >= 15 is 0 Å². The highest BCUT2D eigenvalue weighted by Crippen LogP contribution is 2.25. The topological polar surface area (TPSA) is 111 Å². The number of anilines is 1. The molecule has 1 aliphatic heterocycles. The fourth-order valence-electron chi connectivity index (χ4n) is 2.25. The molecule has 0 saturated carbocycles. The van der Waals surface area contributed by atoms with Crippen molar-refractivity contribution in [2.45, 2.75) is 13.8 Å². The van der Waals surface area contributed by atoms with Crippen molar-refractivity contribution in [3.8, 4) is 5.75 Å². The Labute approximate surface area is 149 Å². The Bertz CT molecular complexity index is 748. The number of nitrogens with one attached hydrogen (secondary N) is 1. The quantitative estimate of drug-likeness (QED) is 0.265. The van der Waals surface area contributed by atoms with Crippen molar-refractivity contribution >= 4 is 29.6 Å². The summed E-state index contributed by atoms with van der Waals surface area (Å²) in [4.78, 5) is 49.9. The average molecular weight is 362 g/mol. The number of benzene rings is 1. The molecule has 1 aromatic rings. The molecule has 26 heavy (non-hydrogen) atoms. The standard InChI is InChI=1S/C17H18N2O7/c1-4-25-15(21)12(16(22)26-5-2)13-14(20)19(17(23)18-13)10-6-8-11(24-3)9-7-10/h6-9H,4-5H2,1-3H3,(H,18,23). The van der Waals surface area contributed by atoms with Crippen molar-refractivity contribution in [3.63, 3.8) is 0 Å². The van der Waals surface area contributed by atoms with Crippen molar-refractivity contribution in [1.29, 1.82) is 0 Å². The second-order valence-corrected chi connectivity index (χ2v) is 4.96. The zero-order chi connectivity index (χ0) is 19.3. The van der Waals surface area contributed by atoms with E-state index in [1.165, 1.54) is 19.2 Å². The van der Waals surface area contributed by atoms with Crippen LogP contribution < -0.4 is 15.0 Å². The van der Waals surface area contributed by atoms with Crippen molar-refractivity contribution in [2.24, 2.45) is 0 Å². The number of hydrogen-bond acceptors (Lipinski definition) is 7. The molecule has 1 N–H and O–H groups in total. The lowest BCUT2D eigenvalue weighted by Gasteiger charge is -2.12. The predicted molar refractivity (Wildman–Crippen MR) is 89.3 cm³/mol. The summed E-state index contributed by atoms with van der Waals surface area (Å²) in [5, 5.41) is 2.24. The molecule has 1 aromatic carbocycles. The number of nitrogens with zero attached hydrogens (tertiary/aromatic N) is 1. The first-order chi connectivity index (χ1) is 12.4. The zero-order valence-corrected chi connectivity index (χ0v) is 14.5. The van der Waals surface area contributed by atoms with Gasteiger partial charge in [-0.05, 0) is 38.1 Å². The molecule has 0 aromatic heterocycles. The number of carbonyl (C=O) groups is 4. The number of carbonyl (C=O) groups excluding carboxylic acids is 4. The minimum absolute atomic E-state index is 0.0145. The lowest BCUT2D eigenvalue weighted by Crippen LogP contribution is -2.30. The van der Waals surface area contributed by atoms with Crippen LogP contribution in [-0.2, 0) is 23.9 Å². The van der Waals surface area contributed by atoms with Crippen LogP contribution in [0.25, 0.3) is 0 Å². The van der Waals surface area contributed by atoms with E-state index in [4.69, 9.17) is 14.2 Å². The summed E-state index contributed by atoms with van der Waals surface area (Å²) in [6.45, 7) is 3.06. The molecular formula is C17H18N2O7. The highest BCUT2D eigenvalue weighted by Gasteiger charge is 2.41. The lowest BCUT2D eigenvalue weighted by molar-refractivity contribution is -0.147. The number of methoxy groups -OCH3 is 1. The van der Waals surface area contributed by atoms with Gasteiger partial charge < -0.3 is 19.5 Å². The summed E-state index contributed by atoms with van der Waals surface area (Å²) in [5.74, 6) is -2.43. The van der Waals surface area contributed by atoms with Crippen LogP contribution in [0.5, 0.6) is 5.75 Å². The van der Waals surface area contributed by atoms with E-state index in [9.17, 15) is 19.2 Å². The van der Waals surface area contributed by atoms with Crippen LogP contribution in [0.1, 0.15) is 13.8 Å². The van der Waals surface area contributed by atoms with Crippen LogP contribution in [0.3, 0.4) is 0 Å². The molecule has 1 heterocycles. The van der Waals surface area contributed by atoms with E-state index in [1.807, 2.05) is 0 Å². The summed E-state index contributed by atoms with van der Waals surface area (Å²) in [6.07, 6.45) is 0. The Morgan fingerprint density at radius 3 is 2.00 bits per heavy atom. The van der Waals surface area contributed by atoms with Crippen LogP contribution in [0, 0.1) is 0 Å². The van der Waals surface area contributed by atoms with Gasteiger partial charge in [-0.3, -0.25) is 4.79 Å². The summed E-state index contributed by atoms with van der Waals surface area (Å²) in [6, 6.07) is 5.31. The number of imide groups is 1. The molecule has 0 spiro atoms. The van der Waals surface area contributed by atoms with Crippen molar-refractivity contribution in [3.05, 3.63) is 35.5 Å². The van der Waals surface area contributed by atoms with Gasteiger partial charge in [-0.15, -0.1) is 0 Å². The summed E-state index contributed by atoms with van der Waals surface area (Å²) >= 11 is 0. The van der Waals surface area contributed by atoms with E-state index in [0.717, 1.165) is 4.90 Å². The van der Waals surface area contributed by atoms with E-state index in [0.29, 0.717) is 5.75 Å². The van der Waals surface area contributed by atoms with E-state index in [1.54, 1.807) is 26.0 Å². The van der Waals surface area contributed by atoms with Gasteiger partial charge in [0, 0.05) is 0 Å². The van der Waals surface area contributed by atoms with Gasteiger partial charge in [-0.2, -0.15) is 0 Å². The first-order valence-corrected chi connectivity index (χ1v) is 7.82. The van der Waals surface area contributed by atoms with Crippen LogP contribution >= 0.6 is 0 Å². The molecule has 1 fully saturated rings. The Morgan fingerprint density at radius 1 is 1.00 bits per heavy atom. The van der Waals surface area contributed by atoms with Crippen molar-refractivity contribution in [2.75, 3.05) is 25.2 Å². The minimum atomic E-state index is -1.05. The van der Waals surface area contributed by atoms with Gasteiger partial charge in [0.05, 0.1) is 26.0 Å². The maximum absolute atomic E-state index is 12.7. The largest absolute Gasteiger partial charge is 0.497 e. The molecule has 2 rings (SSSR count). The molecule has 1 saturated heterocycles. The van der Waals surface area contributed by atoms with E-state index in [-0.39, 0.29) is 18.9 Å². The number of rotatable bonds is 6. The second-order valence-electron chi connectivity index (χ2n) is 4.96. The number of hydrogen-bond donors (Lipinski definition) is 1. The molecular weight excluding hydrogens is 344 g/mol. The smallest absolute Gasteiger partial charge is 0.347 e. The molecule has 1 aliphatic rings. The van der Waals surface area contributed by atoms with Crippen LogP contribution in [-0.4, -0.2) is 44.2 Å². The molecule has 3 amide bonds. The predicted octanol–water partition coefficient (Wildman–Crippen LogP) is 1.13.